The molecular formula is C14H17Cl2NOS. The Bertz CT molecular complexity index is 509. The number of nitriles is 1. The third kappa shape index (κ3) is 5.52. The van der Waals surface area contributed by atoms with Gasteiger partial charge >= 0.3 is 0 Å². The van der Waals surface area contributed by atoms with Gasteiger partial charge in [-0.15, -0.1) is 0 Å². The monoisotopic (exact) mass is 317 g/mol. The van der Waals surface area contributed by atoms with Gasteiger partial charge in [-0.25, -0.2) is 0 Å². The van der Waals surface area contributed by atoms with Crippen LogP contribution in [0.4, 0.5) is 0 Å². The van der Waals surface area contributed by atoms with E-state index in [-0.39, 0.29) is 5.41 Å². The van der Waals surface area contributed by atoms with Gasteiger partial charge in [-0.2, -0.15) is 5.26 Å². The molecule has 1 aromatic rings. The highest BCUT2D eigenvalue weighted by molar-refractivity contribution is 7.85. The van der Waals surface area contributed by atoms with Crippen molar-refractivity contribution >= 4 is 34.0 Å². The van der Waals surface area contributed by atoms with Crippen LogP contribution in [-0.4, -0.2) is 9.96 Å². The standard InChI is InChI=1S/C14H17Cl2NOS/c1-14(2,10-17)7-3-4-8-19(18)13-9-11(15)5-6-12(13)16/h5-6,9H,3-4,7-8H2,1-2H3. The van der Waals surface area contributed by atoms with E-state index >= 15 is 0 Å². The lowest BCUT2D eigenvalue weighted by Crippen LogP contribution is -2.08. The third-order valence-corrected chi connectivity index (χ3v) is 4.99. The highest BCUT2D eigenvalue weighted by Crippen LogP contribution is 2.25. The van der Waals surface area contributed by atoms with Crippen LogP contribution in [0.1, 0.15) is 33.1 Å². The van der Waals surface area contributed by atoms with Gasteiger partial charge in [0.2, 0.25) is 0 Å². The molecule has 1 atom stereocenters. The lowest BCUT2D eigenvalue weighted by Gasteiger charge is -2.14. The van der Waals surface area contributed by atoms with E-state index in [1.807, 2.05) is 13.8 Å². The maximum atomic E-state index is 12.1. The highest BCUT2D eigenvalue weighted by atomic mass is 35.5. The van der Waals surface area contributed by atoms with Gasteiger partial charge in [-0.3, -0.25) is 4.21 Å². The Hall–Kier alpha value is -0.560. The second-order valence-corrected chi connectivity index (χ2v) is 7.46. The van der Waals surface area contributed by atoms with Crippen LogP contribution in [0.15, 0.2) is 23.1 Å². The van der Waals surface area contributed by atoms with Crippen molar-refractivity contribution in [3.8, 4) is 6.07 Å². The fourth-order valence-corrected chi connectivity index (χ4v) is 3.46. The molecule has 1 rings (SSSR count). The van der Waals surface area contributed by atoms with E-state index in [1.165, 1.54) is 0 Å². The summed E-state index contributed by atoms with van der Waals surface area (Å²) in [5, 5.41) is 9.93. The average Bonchev–Trinajstić information content (AvgIpc) is 2.37. The van der Waals surface area contributed by atoms with Crippen molar-refractivity contribution in [1.82, 2.24) is 0 Å². The number of benzene rings is 1. The van der Waals surface area contributed by atoms with E-state index in [0.29, 0.717) is 20.7 Å². The van der Waals surface area contributed by atoms with Crippen molar-refractivity contribution in [1.29, 1.82) is 5.26 Å². The predicted octanol–water partition coefficient (Wildman–Crippen LogP) is 4.82. The highest BCUT2D eigenvalue weighted by Gasteiger charge is 2.16. The minimum Gasteiger partial charge on any atom is -0.254 e. The van der Waals surface area contributed by atoms with Crippen LogP contribution < -0.4 is 0 Å². The van der Waals surface area contributed by atoms with Gasteiger partial charge in [0.25, 0.3) is 0 Å². The van der Waals surface area contributed by atoms with Gasteiger partial charge in [-0.1, -0.05) is 29.6 Å². The Morgan fingerprint density at radius 1 is 1.32 bits per heavy atom. The number of hydrogen-bond acceptors (Lipinski definition) is 2. The van der Waals surface area contributed by atoms with Gasteiger partial charge in [0.05, 0.1) is 32.2 Å². The Kier molecular flexibility index (Phi) is 6.32. The molecule has 19 heavy (non-hydrogen) atoms. The molecule has 0 saturated carbocycles. The van der Waals surface area contributed by atoms with Gasteiger partial charge in [0.1, 0.15) is 0 Å². The van der Waals surface area contributed by atoms with E-state index in [2.05, 4.69) is 6.07 Å². The first-order valence-electron chi connectivity index (χ1n) is 6.10. The molecule has 0 fully saturated rings. The van der Waals surface area contributed by atoms with Crippen LogP contribution in [0.2, 0.25) is 10.0 Å². The Labute approximate surface area is 127 Å². The van der Waals surface area contributed by atoms with Gasteiger partial charge in [0.15, 0.2) is 0 Å². The smallest absolute Gasteiger partial charge is 0.0683 e. The first kappa shape index (κ1) is 16.5. The molecule has 0 aliphatic heterocycles. The normalized spacial score (nSPS) is 13.0. The van der Waals surface area contributed by atoms with Crippen LogP contribution in [0, 0.1) is 16.7 Å². The molecule has 0 bridgehead atoms. The molecule has 1 unspecified atom stereocenters. The molecule has 0 aromatic heterocycles. The van der Waals surface area contributed by atoms with Crippen LogP contribution in [0.5, 0.6) is 0 Å². The number of hydrogen-bond donors (Lipinski definition) is 0. The van der Waals surface area contributed by atoms with E-state index < -0.39 is 10.8 Å². The van der Waals surface area contributed by atoms with E-state index in [1.54, 1.807) is 18.2 Å². The summed E-state index contributed by atoms with van der Waals surface area (Å²) < 4.78 is 12.1. The second kappa shape index (κ2) is 7.28. The van der Waals surface area contributed by atoms with Crippen LogP contribution in [0.3, 0.4) is 0 Å². The van der Waals surface area contributed by atoms with E-state index in [4.69, 9.17) is 28.5 Å². The molecule has 0 heterocycles. The Morgan fingerprint density at radius 2 is 2.00 bits per heavy atom. The van der Waals surface area contributed by atoms with Gasteiger partial charge < -0.3 is 0 Å². The molecule has 5 heteroatoms. The first-order chi connectivity index (χ1) is 8.85. The predicted molar refractivity (Wildman–Crippen MR) is 81.0 cm³/mol. The molecule has 0 N–H and O–H groups in total. The lowest BCUT2D eigenvalue weighted by molar-refractivity contribution is 0.432. The van der Waals surface area contributed by atoms with Crippen molar-refractivity contribution in [2.45, 2.75) is 38.0 Å². The van der Waals surface area contributed by atoms with Crippen molar-refractivity contribution in [2.75, 3.05) is 5.75 Å². The average molecular weight is 318 g/mol. The molecule has 1 aromatic carbocycles. The summed E-state index contributed by atoms with van der Waals surface area (Å²) in [4.78, 5) is 0.591. The molecular weight excluding hydrogens is 301 g/mol. The first-order valence-corrected chi connectivity index (χ1v) is 8.18. The van der Waals surface area contributed by atoms with Crippen molar-refractivity contribution in [3.05, 3.63) is 28.2 Å². The van der Waals surface area contributed by atoms with Crippen LogP contribution >= 0.6 is 23.2 Å². The minimum atomic E-state index is -1.13. The SMILES string of the molecule is CC(C)(C#N)CCCCS(=O)c1cc(Cl)ccc1Cl. The maximum Gasteiger partial charge on any atom is 0.0683 e. The molecule has 2 nitrogen and oxygen atoms in total. The Balaban J connectivity index is 2.49. The molecule has 0 aliphatic rings. The van der Waals surface area contributed by atoms with Crippen molar-refractivity contribution in [2.24, 2.45) is 5.41 Å². The minimum absolute atomic E-state index is 0.310. The summed E-state index contributed by atoms with van der Waals surface area (Å²) in [6.45, 7) is 3.83. The number of unbranched alkanes of at least 4 members (excludes halogenated alkanes) is 1. The maximum absolute atomic E-state index is 12.1. The fraction of sp³-hybridized carbons (Fsp3) is 0.500. The van der Waals surface area contributed by atoms with Crippen molar-refractivity contribution in [3.63, 3.8) is 0 Å². The topological polar surface area (TPSA) is 40.9 Å². The fourth-order valence-electron chi connectivity index (χ4n) is 1.62. The van der Waals surface area contributed by atoms with Crippen molar-refractivity contribution < 1.29 is 4.21 Å². The lowest BCUT2D eigenvalue weighted by atomic mass is 9.89. The summed E-state index contributed by atoms with van der Waals surface area (Å²) in [7, 11) is -1.13. The quantitative estimate of drug-likeness (QED) is 0.706. The molecule has 104 valence electrons. The third-order valence-electron chi connectivity index (χ3n) is 2.82. The largest absolute Gasteiger partial charge is 0.254 e. The summed E-state index contributed by atoms with van der Waals surface area (Å²) in [5.74, 6) is 0.543. The molecule has 0 radical (unpaired) electrons. The van der Waals surface area contributed by atoms with E-state index in [9.17, 15) is 4.21 Å². The van der Waals surface area contributed by atoms with E-state index in [0.717, 1.165) is 19.3 Å². The summed E-state index contributed by atoms with van der Waals surface area (Å²) >= 11 is 11.9. The zero-order valence-corrected chi connectivity index (χ0v) is 13.4. The zero-order valence-electron chi connectivity index (χ0n) is 11.1. The van der Waals surface area contributed by atoms with Crippen LogP contribution in [0.25, 0.3) is 0 Å². The van der Waals surface area contributed by atoms with Gasteiger partial charge in [0, 0.05) is 10.8 Å². The molecule has 0 amide bonds. The number of halogens is 2. The summed E-state index contributed by atoms with van der Waals surface area (Å²) in [6.07, 6.45) is 2.50. The number of rotatable bonds is 6. The number of nitrogens with zero attached hydrogens (tertiary/aromatic N) is 1. The Morgan fingerprint density at radius 3 is 2.63 bits per heavy atom. The molecule has 0 spiro atoms. The van der Waals surface area contributed by atoms with Gasteiger partial charge in [-0.05, 0) is 44.9 Å². The zero-order chi connectivity index (χ0) is 14.5. The summed E-state index contributed by atoms with van der Waals surface area (Å²) in [5.41, 5.74) is -0.310. The van der Waals surface area contributed by atoms with Crippen LogP contribution in [-0.2, 0) is 10.8 Å². The summed E-state index contributed by atoms with van der Waals surface area (Å²) in [6, 6.07) is 7.26. The second-order valence-electron chi connectivity index (χ2n) is 5.08. The molecule has 0 aliphatic carbocycles. The molecule has 0 saturated heterocycles.